The lowest BCUT2D eigenvalue weighted by atomic mass is 9.95. The summed E-state index contributed by atoms with van der Waals surface area (Å²) in [5.41, 5.74) is 1.79. The predicted octanol–water partition coefficient (Wildman–Crippen LogP) is 5.09. The minimum absolute atomic E-state index is 0.175. The molecule has 1 aliphatic rings. The van der Waals surface area contributed by atoms with Crippen molar-refractivity contribution in [1.82, 2.24) is 0 Å². The molecule has 0 aromatic heterocycles. The van der Waals surface area contributed by atoms with Gasteiger partial charge < -0.3 is 9.47 Å². The van der Waals surface area contributed by atoms with E-state index in [1.165, 1.54) is 0 Å². The fourth-order valence-corrected chi connectivity index (χ4v) is 3.02. The van der Waals surface area contributed by atoms with Crippen LogP contribution in [0.5, 0.6) is 0 Å². The topological polar surface area (TPSA) is 35.5 Å². The van der Waals surface area contributed by atoms with Gasteiger partial charge in [-0.3, -0.25) is 0 Å². The van der Waals surface area contributed by atoms with Gasteiger partial charge in [-0.1, -0.05) is 72.8 Å². The number of ether oxygens (including phenoxy) is 2. The summed E-state index contributed by atoms with van der Waals surface area (Å²) in [5.74, 6) is -2.16. The Kier molecular flexibility index (Phi) is 5.96. The number of halogens is 3. The van der Waals surface area contributed by atoms with Crippen molar-refractivity contribution in [3.05, 3.63) is 77.9 Å². The van der Waals surface area contributed by atoms with Crippen LogP contribution >= 0.6 is 0 Å². The van der Waals surface area contributed by atoms with Gasteiger partial charge >= 0.3 is 12.1 Å². The first-order valence-corrected chi connectivity index (χ1v) is 8.63. The molecule has 2 aromatic carbocycles. The van der Waals surface area contributed by atoms with Gasteiger partial charge in [0.1, 0.15) is 6.10 Å². The first-order chi connectivity index (χ1) is 12.9. The maximum absolute atomic E-state index is 12.6. The van der Waals surface area contributed by atoms with Crippen LogP contribution < -0.4 is 0 Å². The zero-order valence-corrected chi connectivity index (χ0v) is 14.4. The van der Waals surface area contributed by atoms with Crippen LogP contribution in [0.3, 0.4) is 0 Å². The van der Waals surface area contributed by atoms with E-state index in [9.17, 15) is 18.0 Å². The number of hydrogen-bond donors (Lipinski definition) is 0. The Hall–Kier alpha value is -2.60. The minimum atomic E-state index is -5.00. The van der Waals surface area contributed by atoms with E-state index in [-0.39, 0.29) is 12.8 Å². The van der Waals surface area contributed by atoms with Gasteiger partial charge in [-0.2, -0.15) is 13.2 Å². The van der Waals surface area contributed by atoms with Gasteiger partial charge in [-0.15, -0.1) is 0 Å². The lowest BCUT2D eigenvalue weighted by Crippen LogP contribution is -2.37. The van der Waals surface area contributed by atoms with Crippen LogP contribution in [-0.4, -0.2) is 24.4 Å². The molecule has 1 aliphatic heterocycles. The Morgan fingerprint density at radius 2 is 1.63 bits per heavy atom. The molecule has 0 aliphatic carbocycles. The standard InChI is InChI=1S/C21H19F3O3/c22-21(23,24)20(25)27-18-13-17(12-11-15-7-3-1-4-8-15)26-19(14-18)16-9-5-2-6-10-16/h1-12,17-19H,13-14H2/b12-11+/t17-,18+,19-/m1/s1. The monoisotopic (exact) mass is 376 g/mol. The Labute approximate surface area is 155 Å². The zero-order valence-electron chi connectivity index (χ0n) is 14.4. The highest BCUT2D eigenvalue weighted by Crippen LogP contribution is 2.34. The summed E-state index contributed by atoms with van der Waals surface area (Å²) in [4.78, 5) is 11.3. The SMILES string of the molecule is O=C(O[C@H]1C[C@@H](/C=C/c2ccccc2)O[C@@H](c2ccccc2)C1)C(F)(F)F. The molecule has 0 amide bonds. The molecule has 0 saturated carbocycles. The Morgan fingerprint density at radius 3 is 2.26 bits per heavy atom. The van der Waals surface area contributed by atoms with Crippen LogP contribution in [0.4, 0.5) is 13.2 Å². The second kappa shape index (κ2) is 8.39. The average molecular weight is 376 g/mol. The molecule has 0 bridgehead atoms. The van der Waals surface area contributed by atoms with Crippen LogP contribution in [0, 0.1) is 0 Å². The van der Waals surface area contributed by atoms with Crippen molar-refractivity contribution >= 4 is 12.0 Å². The smallest absolute Gasteiger partial charge is 0.455 e. The Balaban J connectivity index is 1.76. The van der Waals surface area contributed by atoms with Crippen molar-refractivity contribution in [2.24, 2.45) is 0 Å². The fraction of sp³-hybridized carbons (Fsp3) is 0.286. The summed E-state index contributed by atoms with van der Waals surface area (Å²) in [6.45, 7) is 0. The molecule has 0 N–H and O–H groups in total. The van der Waals surface area contributed by atoms with Crippen molar-refractivity contribution < 1.29 is 27.4 Å². The van der Waals surface area contributed by atoms with Crippen LogP contribution in [0.15, 0.2) is 66.7 Å². The van der Waals surface area contributed by atoms with Gasteiger partial charge in [0, 0.05) is 12.8 Å². The molecule has 27 heavy (non-hydrogen) atoms. The van der Waals surface area contributed by atoms with E-state index in [1.54, 1.807) is 6.08 Å². The van der Waals surface area contributed by atoms with E-state index < -0.39 is 30.5 Å². The number of benzene rings is 2. The molecule has 1 heterocycles. The highest BCUT2D eigenvalue weighted by atomic mass is 19.4. The molecule has 0 spiro atoms. The maximum atomic E-state index is 12.6. The first kappa shape index (κ1) is 19.2. The highest BCUT2D eigenvalue weighted by Gasteiger charge is 2.43. The molecule has 6 heteroatoms. The van der Waals surface area contributed by atoms with Crippen molar-refractivity contribution in [2.75, 3.05) is 0 Å². The van der Waals surface area contributed by atoms with Crippen molar-refractivity contribution in [3.63, 3.8) is 0 Å². The van der Waals surface area contributed by atoms with Crippen LogP contribution in [-0.2, 0) is 14.3 Å². The quantitative estimate of drug-likeness (QED) is 0.697. The Morgan fingerprint density at radius 1 is 1.00 bits per heavy atom. The zero-order chi connectivity index (χ0) is 19.3. The van der Waals surface area contributed by atoms with Crippen molar-refractivity contribution in [1.29, 1.82) is 0 Å². The largest absolute Gasteiger partial charge is 0.490 e. The van der Waals surface area contributed by atoms with E-state index in [0.29, 0.717) is 0 Å². The second-order valence-electron chi connectivity index (χ2n) is 6.34. The molecule has 2 aromatic rings. The predicted molar refractivity (Wildman–Crippen MR) is 94.7 cm³/mol. The Bertz CT molecular complexity index is 772. The summed E-state index contributed by atoms with van der Waals surface area (Å²) in [6, 6.07) is 18.7. The van der Waals surface area contributed by atoms with Crippen molar-refractivity contribution in [3.8, 4) is 0 Å². The molecular formula is C21H19F3O3. The van der Waals surface area contributed by atoms with Crippen LogP contribution in [0.25, 0.3) is 6.08 Å². The minimum Gasteiger partial charge on any atom is -0.455 e. The second-order valence-corrected chi connectivity index (χ2v) is 6.34. The number of hydrogen-bond acceptors (Lipinski definition) is 3. The summed E-state index contributed by atoms with van der Waals surface area (Å²) in [7, 11) is 0. The van der Waals surface area contributed by atoms with E-state index in [2.05, 4.69) is 0 Å². The van der Waals surface area contributed by atoms with Gasteiger partial charge in [-0.05, 0) is 11.1 Å². The summed E-state index contributed by atoms with van der Waals surface area (Å²) >= 11 is 0. The van der Waals surface area contributed by atoms with Gasteiger partial charge in [0.25, 0.3) is 0 Å². The summed E-state index contributed by atoms with van der Waals surface area (Å²) in [5, 5.41) is 0. The third-order valence-corrected chi connectivity index (χ3v) is 4.29. The first-order valence-electron chi connectivity index (χ1n) is 8.63. The van der Waals surface area contributed by atoms with Gasteiger partial charge in [-0.25, -0.2) is 4.79 Å². The third kappa shape index (κ3) is 5.44. The number of esters is 1. The van der Waals surface area contributed by atoms with Gasteiger partial charge in [0.05, 0.1) is 12.2 Å². The van der Waals surface area contributed by atoms with E-state index >= 15 is 0 Å². The molecule has 142 valence electrons. The van der Waals surface area contributed by atoms with E-state index in [4.69, 9.17) is 9.47 Å². The normalized spacial score (nSPS) is 23.3. The highest BCUT2D eigenvalue weighted by molar-refractivity contribution is 5.75. The van der Waals surface area contributed by atoms with Crippen molar-refractivity contribution in [2.45, 2.75) is 37.3 Å². The molecular weight excluding hydrogens is 357 g/mol. The van der Waals surface area contributed by atoms with Crippen LogP contribution in [0.1, 0.15) is 30.1 Å². The van der Waals surface area contributed by atoms with E-state index in [0.717, 1.165) is 11.1 Å². The molecule has 0 radical (unpaired) electrons. The third-order valence-electron chi connectivity index (χ3n) is 4.29. The molecule has 3 atom stereocenters. The molecule has 1 saturated heterocycles. The number of rotatable bonds is 4. The average Bonchev–Trinajstić information content (AvgIpc) is 2.67. The van der Waals surface area contributed by atoms with Gasteiger partial charge in [0.2, 0.25) is 0 Å². The molecule has 3 rings (SSSR count). The lowest BCUT2D eigenvalue weighted by molar-refractivity contribution is -0.211. The van der Waals surface area contributed by atoms with Gasteiger partial charge in [0.15, 0.2) is 0 Å². The molecule has 0 unspecified atom stereocenters. The van der Waals surface area contributed by atoms with Crippen LogP contribution in [0.2, 0.25) is 0 Å². The summed E-state index contributed by atoms with van der Waals surface area (Å²) in [6.07, 6.45) is -2.79. The molecule has 1 fully saturated rings. The molecule has 3 nitrogen and oxygen atoms in total. The fourth-order valence-electron chi connectivity index (χ4n) is 3.02. The number of carbonyl (C=O) groups is 1. The number of alkyl halides is 3. The lowest BCUT2D eigenvalue weighted by Gasteiger charge is -2.34. The maximum Gasteiger partial charge on any atom is 0.490 e. The summed E-state index contributed by atoms with van der Waals surface area (Å²) < 4.78 is 48.5. The number of carbonyl (C=O) groups excluding carboxylic acids is 1. The van der Waals surface area contributed by atoms with E-state index in [1.807, 2.05) is 66.7 Å².